The van der Waals surface area contributed by atoms with E-state index < -0.39 is 23.3 Å². The lowest BCUT2D eigenvalue weighted by Gasteiger charge is -2.16. The first-order valence-electron chi connectivity index (χ1n) is 14.4. The Morgan fingerprint density at radius 1 is 1.00 bits per heavy atom. The maximum Gasteiger partial charge on any atom is 0.339 e. The lowest BCUT2D eigenvalue weighted by atomic mass is 9.85. The van der Waals surface area contributed by atoms with Crippen LogP contribution in [-0.4, -0.2) is 40.1 Å². The number of imide groups is 1. The number of nitro groups is 1. The molecule has 0 N–H and O–H groups in total. The molecule has 0 saturated carbocycles. The van der Waals surface area contributed by atoms with Gasteiger partial charge in [0.2, 0.25) is 17.6 Å². The highest BCUT2D eigenvalue weighted by atomic mass is 79.9. The number of aryl methyl sites for hydroxylation is 1. The molecule has 1 saturated heterocycles. The number of carbonyl (C=O) groups excluding carboxylic acids is 4. The third-order valence-corrected chi connectivity index (χ3v) is 8.66. The molecule has 0 radical (unpaired) electrons. The number of Topliss-reactive ketones (excluding diaryl/α,β-unsaturated/α-hetero) is 1. The summed E-state index contributed by atoms with van der Waals surface area (Å²) in [5.41, 5.74) is 3.03. The van der Waals surface area contributed by atoms with E-state index in [1.165, 1.54) is 23.1 Å². The number of fused-ring (bicyclic) bond motifs is 2. The number of ketones is 1. The maximum atomic E-state index is 13.5. The monoisotopic (exact) mass is 667 g/mol. The van der Waals surface area contributed by atoms with Crippen LogP contribution in [0.4, 0.5) is 11.4 Å². The molecular formula is C34H26BrN3O7. The Hall–Kier alpha value is -5.03. The molecule has 0 bridgehead atoms. The smallest absolute Gasteiger partial charge is 0.339 e. The SMILES string of the molecule is CCc1cc(Br)cc2c(C(=O)OCC(=O)c3cccc([N+](=O)[O-])c3)cc(-c3ccc(N4C(=O)C5CC=CCC5C4=O)cc3)nc12. The topological polar surface area (TPSA) is 137 Å². The fraction of sp³-hybridized carbons (Fsp3) is 0.206. The Morgan fingerprint density at radius 2 is 1.69 bits per heavy atom. The quantitative estimate of drug-likeness (QED) is 0.0510. The van der Waals surface area contributed by atoms with Crippen LogP contribution in [0.5, 0.6) is 0 Å². The highest BCUT2D eigenvalue weighted by molar-refractivity contribution is 9.10. The van der Waals surface area contributed by atoms with Crippen molar-refractivity contribution in [3.05, 3.63) is 110 Å². The highest BCUT2D eigenvalue weighted by Crippen LogP contribution is 2.38. The summed E-state index contributed by atoms with van der Waals surface area (Å²) in [6.07, 6.45) is 5.62. The number of anilines is 1. The van der Waals surface area contributed by atoms with E-state index in [2.05, 4.69) is 15.9 Å². The highest BCUT2D eigenvalue weighted by Gasteiger charge is 2.47. The number of non-ortho nitro benzene ring substituents is 1. The van der Waals surface area contributed by atoms with Crippen molar-refractivity contribution in [1.82, 2.24) is 4.98 Å². The molecule has 11 heteroatoms. The number of esters is 1. The summed E-state index contributed by atoms with van der Waals surface area (Å²) in [6, 6.07) is 17.4. The summed E-state index contributed by atoms with van der Waals surface area (Å²) >= 11 is 3.50. The summed E-state index contributed by atoms with van der Waals surface area (Å²) in [6.45, 7) is 1.36. The van der Waals surface area contributed by atoms with Gasteiger partial charge in [-0.1, -0.05) is 59.3 Å². The van der Waals surface area contributed by atoms with Crippen molar-refractivity contribution in [1.29, 1.82) is 0 Å². The third-order valence-electron chi connectivity index (χ3n) is 8.20. The lowest BCUT2D eigenvalue weighted by Crippen LogP contribution is -2.30. The summed E-state index contributed by atoms with van der Waals surface area (Å²) in [7, 11) is 0. The molecule has 2 amide bonds. The van der Waals surface area contributed by atoms with Crippen molar-refractivity contribution in [3.8, 4) is 11.3 Å². The third kappa shape index (κ3) is 5.66. The molecule has 0 spiro atoms. The lowest BCUT2D eigenvalue weighted by molar-refractivity contribution is -0.384. The molecule has 45 heavy (non-hydrogen) atoms. The molecule has 1 fully saturated rings. The predicted octanol–water partition coefficient (Wildman–Crippen LogP) is 6.63. The van der Waals surface area contributed by atoms with Crippen molar-refractivity contribution in [2.75, 3.05) is 11.5 Å². The molecule has 1 aromatic heterocycles. The number of hydrogen-bond acceptors (Lipinski definition) is 8. The first-order valence-corrected chi connectivity index (χ1v) is 15.2. The van der Waals surface area contributed by atoms with Crippen molar-refractivity contribution in [3.63, 3.8) is 0 Å². The predicted molar refractivity (Wildman–Crippen MR) is 170 cm³/mol. The Balaban J connectivity index is 1.32. The van der Waals surface area contributed by atoms with Gasteiger partial charge < -0.3 is 4.74 Å². The van der Waals surface area contributed by atoms with Crippen LogP contribution in [0.1, 0.15) is 46.0 Å². The number of ether oxygens (including phenoxy) is 1. The Bertz CT molecular complexity index is 1910. The van der Waals surface area contributed by atoms with Crippen molar-refractivity contribution < 1.29 is 28.8 Å². The van der Waals surface area contributed by atoms with E-state index in [0.717, 1.165) is 16.1 Å². The summed E-state index contributed by atoms with van der Waals surface area (Å²) in [5, 5.41) is 11.6. The molecule has 4 aromatic rings. The van der Waals surface area contributed by atoms with Gasteiger partial charge in [-0.05, 0) is 55.2 Å². The Morgan fingerprint density at radius 3 is 2.33 bits per heavy atom. The molecule has 1 aliphatic heterocycles. The maximum absolute atomic E-state index is 13.5. The molecule has 10 nitrogen and oxygen atoms in total. The van der Waals surface area contributed by atoms with Gasteiger partial charge in [0.15, 0.2) is 6.61 Å². The average Bonchev–Trinajstić information content (AvgIpc) is 3.31. The van der Waals surface area contributed by atoms with Crippen LogP contribution in [0.2, 0.25) is 0 Å². The van der Waals surface area contributed by atoms with E-state index in [-0.39, 0.29) is 40.5 Å². The fourth-order valence-electron chi connectivity index (χ4n) is 5.87. The number of rotatable bonds is 8. The van der Waals surface area contributed by atoms with Crippen LogP contribution in [0.15, 0.2) is 83.4 Å². The van der Waals surface area contributed by atoms with Gasteiger partial charge >= 0.3 is 5.97 Å². The molecule has 2 atom stereocenters. The van der Waals surface area contributed by atoms with Crippen LogP contribution in [0.3, 0.4) is 0 Å². The van der Waals surface area contributed by atoms with Crippen molar-refractivity contribution >= 4 is 61.8 Å². The van der Waals surface area contributed by atoms with Gasteiger partial charge in [0.25, 0.3) is 5.69 Å². The van der Waals surface area contributed by atoms with Gasteiger partial charge in [0, 0.05) is 33.1 Å². The number of amides is 2. The van der Waals surface area contributed by atoms with Gasteiger partial charge in [-0.15, -0.1) is 0 Å². The number of benzene rings is 3. The van der Waals surface area contributed by atoms with Gasteiger partial charge in [-0.2, -0.15) is 0 Å². The standard InChI is InChI=1S/C34H26BrN3O7/c1-2-19-14-22(35)16-27-28(34(42)45-18-30(39)21-6-5-7-24(15-21)38(43)44)17-29(36-31(19)27)20-10-12-23(13-11-20)37-32(40)25-8-3-4-9-26(25)33(37)41/h3-7,10-17,25-26H,2,8-9,18H2,1H3. The minimum Gasteiger partial charge on any atom is -0.454 e. The minimum absolute atomic E-state index is 0.0545. The molecule has 6 rings (SSSR count). The van der Waals surface area contributed by atoms with Gasteiger partial charge in [-0.25, -0.2) is 9.78 Å². The zero-order valence-electron chi connectivity index (χ0n) is 24.1. The molecular weight excluding hydrogens is 642 g/mol. The number of aromatic nitrogens is 1. The normalized spacial score (nSPS) is 17.4. The van der Waals surface area contributed by atoms with Crippen LogP contribution >= 0.6 is 15.9 Å². The second kappa shape index (κ2) is 12.2. The number of nitro benzene ring substituents is 1. The first kappa shape index (κ1) is 30.0. The molecule has 226 valence electrons. The van der Waals surface area contributed by atoms with Gasteiger partial charge in [0.1, 0.15) is 0 Å². The summed E-state index contributed by atoms with van der Waals surface area (Å²) < 4.78 is 6.16. The Labute approximate surface area is 266 Å². The Kier molecular flexibility index (Phi) is 8.11. The average molecular weight is 669 g/mol. The fourth-order valence-corrected chi connectivity index (χ4v) is 6.37. The van der Waals surface area contributed by atoms with Crippen LogP contribution in [-0.2, 0) is 20.7 Å². The zero-order chi connectivity index (χ0) is 31.8. The number of hydrogen-bond donors (Lipinski definition) is 0. The second-order valence-electron chi connectivity index (χ2n) is 10.9. The summed E-state index contributed by atoms with van der Waals surface area (Å²) in [5.74, 6) is -2.42. The molecule has 2 aliphatic rings. The number of nitrogens with zero attached hydrogens (tertiary/aromatic N) is 3. The van der Waals surface area contributed by atoms with E-state index in [1.807, 2.05) is 25.1 Å². The first-order chi connectivity index (χ1) is 21.7. The van der Waals surface area contributed by atoms with Crippen LogP contribution in [0, 0.1) is 22.0 Å². The van der Waals surface area contributed by atoms with E-state index in [4.69, 9.17) is 9.72 Å². The second-order valence-corrected chi connectivity index (χ2v) is 11.8. The number of pyridine rings is 1. The zero-order valence-corrected chi connectivity index (χ0v) is 25.7. The van der Waals surface area contributed by atoms with E-state index >= 15 is 0 Å². The number of halogens is 1. The van der Waals surface area contributed by atoms with Crippen LogP contribution < -0.4 is 4.90 Å². The van der Waals surface area contributed by atoms with E-state index in [0.29, 0.717) is 47.1 Å². The number of carbonyl (C=O) groups is 4. The largest absolute Gasteiger partial charge is 0.454 e. The van der Waals surface area contributed by atoms with Crippen LogP contribution in [0.25, 0.3) is 22.2 Å². The molecule has 3 aromatic carbocycles. The summed E-state index contributed by atoms with van der Waals surface area (Å²) in [4.78, 5) is 69.0. The number of allylic oxidation sites excluding steroid dienone is 2. The van der Waals surface area contributed by atoms with E-state index in [9.17, 15) is 29.3 Å². The molecule has 1 aliphatic carbocycles. The van der Waals surface area contributed by atoms with Gasteiger partial charge in [-0.3, -0.25) is 29.4 Å². The van der Waals surface area contributed by atoms with Crippen molar-refractivity contribution in [2.45, 2.75) is 26.2 Å². The minimum atomic E-state index is -0.760. The molecule has 2 unspecified atom stereocenters. The van der Waals surface area contributed by atoms with Crippen molar-refractivity contribution in [2.24, 2.45) is 11.8 Å². The molecule has 2 heterocycles. The van der Waals surface area contributed by atoms with Gasteiger partial charge in [0.05, 0.1) is 39.2 Å². The van der Waals surface area contributed by atoms with E-state index in [1.54, 1.807) is 36.4 Å².